The van der Waals surface area contributed by atoms with Crippen LogP contribution >= 0.6 is 15.9 Å². The number of ether oxygens (including phenoxy) is 1. The molecule has 0 atom stereocenters. The van der Waals surface area contributed by atoms with Crippen LogP contribution < -0.4 is 0 Å². The van der Waals surface area contributed by atoms with E-state index in [4.69, 9.17) is 0 Å². The van der Waals surface area contributed by atoms with Crippen LogP contribution in [0.5, 0.6) is 0 Å². The van der Waals surface area contributed by atoms with E-state index in [0.29, 0.717) is 6.54 Å². The molecule has 0 rings (SSSR count). The molecule has 92 valence electrons. The molecule has 0 aromatic heterocycles. The highest BCUT2D eigenvalue weighted by Crippen LogP contribution is 2.16. The van der Waals surface area contributed by atoms with Crippen LogP contribution in [0.1, 0.15) is 13.8 Å². The average molecular weight is 292 g/mol. The summed E-state index contributed by atoms with van der Waals surface area (Å²) in [7, 11) is 1.86. The summed E-state index contributed by atoms with van der Waals surface area (Å²) < 4.78 is 39.7. The van der Waals surface area contributed by atoms with E-state index in [-0.39, 0.29) is 12.1 Å². The smallest absolute Gasteiger partial charge is 0.371 e. The number of rotatable bonds is 6. The molecule has 0 aromatic carbocycles. The molecule has 0 aliphatic carbocycles. The van der Waals surface area contributed by atoms with E-state index in [1.54, 1.807) is 0 Å². The van der Waals surface area contributed by atoms with E-state index < -0.39 is 12.8 Å². The Bertz CT molecular complexity index is 185. The van der Waals surface area contributed by atoms with Crippen molar-refractivity contribution < 1.29 is 17.9 Å². The van der Waals surface area contributed by atoms with Gasteiger partial charge >= 0.3 is 6.18 Å². The lowest BCUT2D eigenvalue weighted by atomic mass is 10.1. The number of nitrogens with zero attached hydrogens (tertiary/aromatic N) is 1. The Morgan fingerprint density at radius 1 is 1.27 bits per heavy atom. The van der Waals surface area contributed by atoms with Gasteiger partial charge in [0.2, 0.25) is 0 Å². The Morgan fingerprint density at radius 3 is 2.20 bits per heavy atom. The summed E-state index contributed by atoms with van der Waals surface area (Å²) in [6.45, 7) is 3.41. The quantitative estimate of drug-likeness (QED) is 0.551. The lowest BCUT2D eigenvalue weighted by Crippen LogP contribution is -2.44. The predicted molar refractivity (Wildman–Crippen MR) is 57.4 cm³/mol. The summed E-state index contributed by atoms with van der Waals surface area (Å²) in [5.41, 5.74) is -0.0818. The van der Waals surface area contributed by atoms with E-state index in [0.717, 1.165) is 5.33 Å². The molecule has 0 amide bonds. The predicted octanol–water partition coefficient (Wildman–Crippen LogP) is 2.67. The van der Waals surface area contributed by atoms with Crippen molar-refractivity contribution in [1.82, 2.24) is 4.90 Å². The van der Waals surface area contributed by atoms with Crippen molar-refractivity contribution in [3.63, 3.8) is 0 Å². The van der Waals surface area contributed by atoms with Crippen LogP contribution in [0.15, 0.2) is 0 Å². The molecule has 0 heterocycles. The summed E-state index contributed by atoms with van der Waals surface area (Å²) >= 11 is 3.35. The minimum absolute atomic E-state index is 0.0818. The van der Waals surface area contributed by atoms with Crippen LogP contribution in [-0.2, 0) is 4.74 Å². The van der Waals surface area contributed by atoms with Gasteiger partial charge < -0.3 is 4.74 Å². The lowest BCUT2D eigenvalue weighted by molar-refractivity contribution is -0.174. The topological polar surface area (TPSA) is 12.5 Å². The molecule has 0 aromatic rings. The van der Waals surface area contributed by atoms with Gasteiger partial charge in [0.15, 0.2) is 0 Å². The maximum absolute atomic E-state index is 11.7. The lowest BCUT2D eigenvalue weighted by Gasteiger charge is -2.33. The Hall–Kier alpha value is 0.190. The highest BCUT2D eigenvalue weighted by atomic mass is 79.9. The van der Waals surface area contributed by atoms with E-state index in [1.807, 2.05) is 25.8 Å². The molecule has 0 radical (unpaired) electrons. The monoisotopic (exact) mass is 291 g/mol. The summed E-state index contributed by atoms with van der Waals surface area (Å²) in [6, 6.07) is 0. The maximum Gasteiger partial charge on any atom is 0.411 e. The third-order valence-electron chi connectivity index (χ3n) is 2.20. The fourth-order valence-electron chi connectivity index (χ4n) is 0.794. The molecule has 0 spiro atoms. The fraction of sp³-hybridized carbons (Fsp3) is 1.00. The van der Waals surface area contributed by atoms with E-state index >= 15 is 0 Å². The molecule has 0 N–H and O–H groups in total. The van der Waals surface area contributed by atoms with Crippen LogP contribution in [-0.4, -0.2) is 48.8 Å². The van der Waals surface area contributed by atoms with Gasteiger partial charge in [0.1, 0.15) is 6.61 Å². The standard InChI is InChI=1S/C9H17BrF3NO/c1-8(2,6-10)14(3)4-5-15-7-9(11,12)13/h4-7H2,1-3H3. The summed E-state index contributed by atoms with van der Waals surface area (Å²) in [5, 5.41) is 0.760. The number of likely N-dealkylation sites (N-methyl/N-ethyl adjacent to an activating group) is 1. The van der Waals surface area contributed by atoms with Crippen molar-refractivity contribution in [2.24, 2.45) is 0 Å². The first-order valence-electron chi connectivity index (χ1n) is 4.61. The molecular weight excluding hydrogens is 275 g/mol. The van der Waals surface area contributed by atoms with E-state index in [1.165, 1.54) is 0 Å². The van der Waals surface area contributed by atoms with Gasteiger partial charge in [-0.05, 0) is 20.9 Å². The number of alkyl halides is 4. The molecule has 6 heteroatoms. The third kappa shape index (κ3) is 7.14. The average Bonchev–Trinajstić information content (AvgIpc) is 2.10. The second kappa shape index (κ2) is 6.06. The van der Waals surface area contributed by atoms with Crippen LogP contribution in [0.2, 0.25) is 0 Å². The normalized spacial score (nSPS) is 13.6. The molecule has 0 aliphatic rings. The molecule has 0 unspecified atom stereocenters. The minimum Gasteiger partial charge on any atom is -0.371 e. The van der Waals surface area contributed by atoms with Gasteiger partial charge in [-0.3, -0.25) is 4.90 Å². The van der Waals surface area contributed by atoms with Crippen molar-refractivity contribution in [3.8, 4) is 0 Å². The Balaban J connectivity index is 3.69. The van der Waals surface area contributed by atoms with Crippen molar-refractivity contribution in [2.75, 3.05) is 32.1 Å². The minimum atomic E-state index is -4.23. The van der Waals surface area contributed by atoms with Crippen molar-refractivity contribution in [3.05, 3.63) is 0 Å². The molecule has 0 fully saturated rings. The molecule has 0 saturated carbocycles. The second-order valence-electron chi connectivity index (χ2n) is 4.04. The molecule has 0 aliphatic heterocycles. The van der Waals surface area contributed by atoms with Crippen molar-refractivity contribution >= 4 is 15.9 Å². The Labute approximate surface area is 96.9 Å². The maximum atomic E-state index is 11.7. The van der Waals surface area contributed by atoms with Crippen molar-refractivity contribution in [2.45, 2.75) is 25.6 Å². The highest BCUT2D eigenvalue weighted by molar-refractivity contribution is 9.09. The summed E-state index contributed by atoms with van der Waals surface area (Å²) in [5.74, 6) is 0. The van der Waals surface area contributed by atoms with Gasteiger partial charge in [-0.25, -0.2) is 0 Å². The Kier molecular flexibility index (Phi) is 6.13. The largest absolute Gasteiger partial charge is 0.411 e. The Morgan fingerprint density at radius 2 is 1.80 bits per heavy atom. The van der Waals surface area contributed by atoms with Crippen LogP contribution in [0.3, 0.4) is 0 Å². The van der Waals surface area contributed by atoms with Gasteiger partial charge in [-0.1, -0.05) is 15.9 Å². The number of hydrogen-bond acceptors (Lipinski definition) is 2. The first-order chi connectivity index (χ1) is 6.69. The molecule has 0 bridgehead atoms. The van der Waals surface area contributed by atoms with E-state index in [2.05, 4.69) is 20.7 Å². The molecule has 15 heavy (non-hydrogen) atoms. The zero-order valence-electron chi connectivity index (χ0n) is 9.20. The van der Waals surface area contributed by atoms with Crippen LogP contribution in [0.25, 0.3) is 0 Å². The first kappa shape index (κ1) is 15.2. The summed E-state index contributed by atoms with van der Waals surface area (Å²) in [4.78, 5) is 1.96. The van der Waals surface area contributed by atoms with Gasteiger partial charge in [0.25, 0.3) is 0 Å². The van der Waals surface area contributed by atoms with Crippen LogP contribution in [0, 0.1) is 0 Å². The molecule has 0 saturated heterocycles. The van der Waals surface area contributed by atoms with E-state index in [9.17, 15) is 13.2 Å². The molecular formula is C9H17BrF3NO. The van der Waals surface area contributed by atoms with Gasteiger partial charge in [0.05, 0.1) is 6.61 Å². The SMILES string of the molecule is CN(CCOCC(F)(F)F)C(C)(C)CBr. The van der Waals surface area contributed by atoms with Crippen molar-refractivity contribution in [1.29, 1.82) is 0 Å². The van der Waals surface area contributed by atoms with Gasteiger partial charge in [0, 0.05) is 17.4 Å². The number of halogens is 4. The zero-order chi connectivity index (χ0) is 12.1. The van der Waals surface area contributed by atoms with Gasteiger partial charge in [-0.2, -0.15) is 13.2 Å². The first-order valence-corrected chi connectivity index (χ1v) is 5.73. The van der Waals surface area contributed by atoms with Crippen LogP contribution in [0.4, 0.5) is 13.2 Å². The number of hydrogen-bond donors (Lipinski definition) is 0. The second-order valence-corrected chi connectivity index (χ2v) is 4.60. The molecule has 2 nitrogen and oxygen atoms in total. The third-order valence-corrected chi connectivity index (χ3v) is 3.57. The highest BCUT2D eigenvalue weighted by Gasteiger charge is 2.27. The zero-order valence-corrected chi connectivity index (χ0v) is 10.8. The fourth-order valence-corrected chi connectivity index (χ4v) is 1.22. The summed E-state index contributed by atoms with van der Waals surface area (Å²) in [6.07, 6.45) is -4.23. The van der Waals surface area contributed by atoms with Gasteiger partial charge in [-0.15, -0.1) is 0 Å².